The molecule has 1 atom stereocenters. The fourth-order valence-corrected chi connectivity index (χ4v) is 5.14. The molecule has 3 rings (SSSR count). The summed E-state index contributed by atoms with van der Waals surface area (Å²) in [6, 6.07) is 13.8. The third kappa shape index (κ3) is 4.05. The summed E-state index contributed by atoms with van der Waals surface area (Å²) in [7, 11) is -2.15. The van der Waals surface area contributed by atoms with Crippen LogP contribution in [0.3, 0.4) is 0 Å². The van der Waals surface area contributed by atoms with E-state index in [0.29, 0.717) is 22.8 Å². The van der Waals surface area contributed by atoms with Crippen molar-refractivity contribution in [1.29, 1.82) is 0 Å². The number of para-hydroxylation sites is 1. The van der Waals surface area contributed by atoms with E-state index in [1.165, 1.54) is 18.4 Å². The van der Waals surface area contributed by atoms with E-state index >= 15 is 0 Å². The van der Waals surface area contributed by atoms with E-state index in [1.807, 2.05) is 6.07 Å². The molecule has 1 aliphatic rings. The lowest BCUT2D eigenvalue weighted by molar-refractivity contribution is 0.402. The van der Waals surface area contributed by atoms with Crippen molar-refractivity contribution in [1.82, 2.24) is 4.72 Å². The zero-order chi connectivity index (χ0) is 18.7. The van der Waals surface area contributed by atoms with Crippen LogP contribution < -0.4 is 14.4 Å². The fourth-order valence-electron chi connectivity index (χ4n) is 3.36. The number of hydrogen-bond donors (Lipinski definition) is 1. The summed E-state index contributed by atoms with van der Waals surface area (Å²) in [5, 5.41) is 0. The standard InChI is InChI=1S/C19H23BrN2O3S/c1-14-12-15-6-3-4-7-17(15)22(14)11-5-10-21-26(23,24)19-13-16(20)8-9-18(19)25-2/h3-4,6-9,13-14,21H,5,10-12H2,1-2H3/t14-/m0/s1. The lowest BCUT2D eigenvalue weighted by Crippen LogP contribution is -2.33. The van der Waals surface area contributed by atoms with Crippen LogP contribution in [0.4, 0.5) is 5.69 Å². The molecule has 0 fully saturated rings. The number of methoxy groups -OCH3 is 1. The first-order valence-electron chi connectivity index (χ1n) is 8.60. The van der Waals surface area contributed by atoms with Gasteiger partial charge in [-0.05, 0) is 49.6 Å². The van der Waals surface area contributed by atoms with E-state index in [-0.39, 0.29) is 4.90 Å². The van der Waals surface area contributed by atoms with Gasteiger partial charge in [0.15, 0.2) is 0 Å². The van der Waals surface area contributed by atoms with Gasteiger partial charge in [-0.3, -0.25) is 0 Å². The van der Waals surface area contributed by atoms with Crippen molar-refractivity contribution in [3.05, 3.63) is 52.5 Å². The van der Waals surface area contributed by atoms with Crippen LogP contribution in [0.2, 0.25) is 0 Å². The highest BCUT2D eigenvalue weighted by molar-refractivity contribution is 9.10. The van der Waals surface area contributed by atoms with Crippen molar-refractivity contribution < 1.29 is 13.2 Å². The molecule has 0 saturated carbocycles. The van der Waals surface area contributed by atoms with Gasteiger partial charge in [0.2, 0.25) is 10.0 Å². The molecule has 140 valence electrons. The highest BCUT2D eigenvalue weighted by atomic mass is 79.9. The maximum atomic E-state index is 12.6. The van der Waals surface area contributed by atoms with Crippen LogP contribution in [0, 0.1) is 0 Å². The van der Waals surface area contributed by atoms with E-state index in [9.17, 15) is 8.42 Å². The minimum atomic E-state index is -3.62. The Bertz CT molecular complexity index is 886. The van der Waals surface area contributed by atoms with Gasteiger partial charge in [0.05, 0.1) is 7.11 Å². The lowest BCUT2D eigenvalue weighted by atomic mass is 10.1. The first-order valence-corrected chi connectivity index (χ1v) is 10.9. The Labute approximate surface area is 163 Å². The second-order valence-corrected chi connectivity index (χ2v) is 9.07. The minimum absolute atomic E-state index is 0.147. The van der Waals surface area contributed by atoms with Gasteiger partial charge >= 0.3 is 0 Å². The summed E-state index contributed by atoms with van der Waals surface area (Å²) < 4.78 is 33.8. The van der Waals surface area contributed by atoms with Crippen LogP contribution >= 0.6 is 15.9 Å². The molecule has 7 heteroatoms. The van der Waals surface area contributed by atoms with Gasteiger partial charge in [-0.15, -0.1) is 0 Å². The van der Waals surface area contributed by atoms with Crippen LogP contribution in [0.1, 0.15) is 18.9 Å². The van der Waals surface area contributed by atoms with Gasteiger partial charge < -0.3 is 9.64 Å². The van der Waals surface area contributed by atoms with Crippen molar-refractivity contribution in [3.8, 4) is 5.75 Å². The third-order valence-corrected chi connectivity index (χ3v) is 6.61. The first-order chi connectivity index (χ1) is 12.4. The molecule has 1 heterocycles. The summed E-state index contributed by atoms with van der Waals surface area (Å²) in [6.07, 6.45) is 1.77. The van der Waals surface area contributed by atoms with Crippen molar-refractivity contribution in [3.63, 3.8) is 0 Å². The Morgan fingerprint density at radius 1 is 1.27 bits per heavy atom. The highest BCUT2D eigenvalue weighted by Crippen LogP contribution is 2.31. The Hall–Kier alpha value is -1.57. The number of sulfonamides is 1. The molecule has 0 radical (unpaired) electrons. The monoisotopic (exact) mass is 438 g/mol. The molecule has 0 amide bonds. The predicted octanol–water partition coefficient (Wildman–Crippen LogP) is 3.58. The maximum Gasteiger partial charge on any atom is 0.244 e. The molecule has 0 spiro atoms. The summed E-state index contributed by atoms with van der Waals surface area (Å²) >= 11 is 3.31. The number of anilines is 1. The summed E-state index contributed by atoms with van der Waals surface area (Å²) in [4.78, 5) is 2.50. The van der Waals surface area contributed by atoms with E-state index in [1.54, 1.807) is 18.2 Å². The Kier molecular flexibility index (Phi) is 5.89. The van der Waals surface area contributed by atoms with Crippen LogP contribution in [0.25, 0.3) is 0 Å². The molecule has 2 aromatic rings. The molecule has 0 saturated heterocycles. The smallest absolute Gasteiger partial charge is 0.244 e. The SMILES string of the molecule is COc1ccc(Br)cc1S(=O)(=O)NCCCN1c2ccccc2C[C@@H]1C. The van der Waals surface area contributed by atoms with Crippen LogP contribution in [-0.2, 0) is 16.4 Å². The van der Waals surface area contributed by atoms with Crippen LogP contribution in [-0.4, -0.2) is 34.7 Å². The second-order valence-electron chi connectivity index (χ2n) is 6.42. The third-order valence-electron chi connectivity index (χ3n) is 4.63. The highest BCUT2D eigenvalue weighted by Gasteiger charge is 2.25. The fraction of sp³-hybridized carbons (Fsp3) is 0.368. The van der Waals surface area contributed by atoms with Gasteiger partial charge in [0.25, 0.3) is 0 Å². The van der Waals surface area contributed by atoms with E-state index < -0.39 is 10.0 Å². The molecule has 26 heavy (non-hydrogen) atoms. The molecule has 0 aliphatic carbocycles. The lowest BCUT2D eigenvalue weighted by Gasteiger charge is -2.25. The summed E-state index contributed by atoms with van der Waals surface area (Å²) in [5.74, 6) is 0.336. The van der Waals surface area contributed by atoms with Gasteiger partial charge in [0.1, 0.15) is 10.6 Å². The number of hydrogen-bond acceptors (Lipinski definition) is 4. The van der Waals surface area contributed by atoms with Crippen LogP contribution in [0.15, 0.2) is 51.8 Å². The quantitative estimate of drug-likeness (QED) is 0.671. The molecule has 1 aliphatic heterocycles. The van der Waals surface area contributed by atoms with Gasteiger partial charge in [-0.1, -0.05) is 34.1 Å². The average Bonchev–Trinajstić information content (AvgIpc) is 2.94. The number of halogens is 1. The van der Waals surface area contributed by atoms with Gasteiger partial charge in [0, 0.05) is 29.3 Å². The van der Waals surface area contributed by atoms with Crippen LogP contribution in [0.5, 0.6) is 5.75 Å². The van der Waals surface area contributed by atoms with E-state index in [0.717, 1.165) is 19.4 Å². The van der Waals surface area contributed by atoms with Crippen molar-refractivity contribution >= 4 is 31.6 Å². The maximum absolute atomic E-state index is 12.6. The number of rotatable bonds is 7. The number of fused-ring (bicyclic) bond motifs is 1. The summed E-state index contributed by atoms with van der Waals surface area (Å²) in [5.41, 5.74) is 2.62. The topological polar surface area (TPSA) is 58.6 Å². The normalized spacial score (nSPS) is 16.6. The average molecular weight is 439 g/mol. The van der Waals surface area contributed by atoms with Gasteiger partial charge in [-0.2, -0.15) is 0 Å². The largest absolute Gasteiger partial charge is 0.495 e. The number of nitrogens with zero attached hydrogens (tertiary/aromatic N) is 1. The van der Waals surface area contributed by atoms with Crippen molar-refractivity contribution in [2.24, 2.45) is 0 Å². The molecule has 5 nitrogen and oxygen atoms in total. The minimum Gasteiger partial charge on any atom is -0.495 e. The number of benzene rings is 2. The second kappa shape index (κ2) is 7.98. The summed E-state index contributed by atoms with van der Waals surface area (Å²) in [6.45, 7) is 3.40. The molecule has 2 aromatic carbocycles. The van der Waals surface area contributed by atoms with Crippen molar-refractivity contribution in [2.45, 2.75) is 30.7 Å². The molecular formula is C19H23BrN2O3S. The van der Waals surface area contributed by atoms with E-state index in [2.05, 4.69) is 50.7 Å². The number of ether oxygens (including phenoxy) is 1. The van der Waals surface area contributed by atoms with Crippen molar-refractivity contribution in [2.75, 3.05) is 25.1 Å². The Morgan fingerprint density at radius 3 is 2.81 bits per heavy atom. The predicted molar refractivity (Wildman–Crippen MR) is 107 cm³/mol. The molecular weight excluding hydrogens is 416 g/mol. The van der Waals surface area contributed by atoms with E-state index in [4.69, 9.17) is 4.74 Å². The molecule has 0 bridgehead atoms. The first kappa shape index (κ1) is 19.2. The molecule has 0 unspecified atom stereocenters. The zero-order valence-corrected chi connectivity index (χ0v) is 17.3. The molecule has 1 N–H and O–H groups in total. The number of nitrogens with one attached hydrogen (secondary N) is 1. The van der Waals surface area contributed by atoms with Gasteiger partial charge in [-0.25, -0.2) is 13.1 Å². The Morgan fingerprint density at radius 2 is 2.04 bits per heavy atom. The Balaban J connectivity index is 1.61. The molecule has 0 aromatic heterocycles. The zero-order valence-electron chi connectivity index (χ0n) is 14.9.